The Morgan fingerprint density at radius 2 is 1.76 bits per heavy atom. The lowest BCUT2D eigenvalue weighted by Gasteiger charge is -2.15. The maximum atomic E-state index is 14.6. The molecule has 11 nitrogen and oxygen atoms in total. The highest BCUT2D eigenvalue weighted by atomic mass is 32.2. The number of hydrogen-bond acceptors (Lipinski definition) is 8. The first-order chi connectivity index (χ1) is 22.2. The number of anilines is 1. The van der Waals surface area contributed by atoms with Crippen molar-refractivity contribution in [2.75, 3.05) is 11.6 Å². The number of imidazole rings is 1. The van der Waals surface area contributed by atoms with E-state index in [1.807, 2.05) is 60.7 Å². The summed E-state index contributed by atoms with van der Waals surface area (Å²) in [5, 5.41) is 21.9. The number of fused-ring (bicyclic) bond motifs is 2. The van der Waals surface area contributed by atoms with Crippen LogP contribution in [-0.4, -0.2) is 49.9 Å². The zero-order valence-corrected chi connectivity index (χ0v) is 25.2. The number of aliphatic hydroxyl groups is 1. The van der Waals surface area contributed by atoms with E-state index in [-0.39, 0.29) is 6.54 Å². The minimum atomic E-state index is -3.45. The molecule has 0 radical (unpaired) electrons. The van der Waals surface area contributed by atoms with E-state index in [1.165, 1.54) is 12.1 Å². The number of para-hydroxylation sites is 1. The zero-order valence-electron chi connectivity index (χ0n) is 24.4. The van der Waals surface area contributed by atoms with Gasteiger partial charge >= 0.3 is 0 Å². The number of halogens is 1. The van der Waals surface area contributed by atoms with Gasteiger partial charge in [0.1, 0.15) is 11.5 Å². The summed E-state index contributed by atoms with van der Waals surface area (Å²) in [7, 11) is -3.45. The van der Waals surface area contributed by atoms with Gasteiger partial charge in [0.15, 0.2) is 17.7 Å². The molecule has 0 saturated heterocycles. The number of benzene rings is 3. The summed E-state index contributed by atoms with van der Waals surface area (Å²) < 4.78 is 40.2. The third kappa shape index (κ3) is 6.06. The highest BCUT2D eigenvalue weighted by Gasteiger charge is 2.18. The molecule has 0 spiro atoms. The molecule has 13 heteroatoms. The quantitative estimate of drug-likeness (QED) is 0.130. The Morgan fingerprint density at radius 1 is 0.935 bits per heavy atom. The van der Waals surface area contributed by atoms with Gasteiger partial charge in [0.2, 0.25) is 10.0 Å². The van der Waals surface area contributed by atoms with Gasteiger partial charge in [-0.3, -0.25) is 10.1 Å². The molecule has 230 valence electrons. The van der Waals surface area contributed by atoms with Crippen molar-refractivity contribution in [1.29, 1.82) is 0 Å². The lowest BCUT2D eigenvalue weighted by molar-refractivity contribution is 0.208. The van der Waals surface area contributed by atoms with Crippen LogP contribution in [0, 0.1) is 5.82 Å². The first-order valence-corrected chi connectivity index (χ1v) is 16.1. The number of sulfonamides is 1. The molecule has 46 heavy (non-hydrogen) atoms. The largest absolute Gasteiger partial charge is 0.369 e. The SMILES string of the molecule is CS(=O)(=O)NCc1cc(F)cc(-c2cccc3[nH]c(-c4n[nH]c5ncc(-c6cncc(NC(O)c7ccccc7)c6)cc45)nc23)c1. The fourth-order valence-electron chi connectivity index (χ4n) is 5.29. The lowest BCUT2D eigenvalue weighted by Crippen LogP contribution is -2.21. The molecule has 4 aromatic heterocycles. The Hall–Kier alpha value is -5.50. The molecule has 7 aromatic rings. The van der Waals surface area contributed by atoms with Crippen molar-refractivity contribution in [1.82, 2.24) is 34.9 Å². The first kappa shape index (κ1) is 29.2. The minimum absolute atomic E-state index is 0.0396. The highest BCUT2D eigenvalue weighted by Crippen LogP contribution is 2.33. The maximum Gasteiger partial charge on any atom is 0.209 e. The molecule has 1 atom stereocenters. The van der Waals surface area contributed by atoms with Gasteiger partial charge in [0.25, 0.3) is 0 Å². The predicted molar refractivity (Wildman–Crippen MR) is 174 cm³/mol. The van der Waals surface area contributed by atoms with E-state index < -0.39 is 22.1 Å². The number of pyridine rings is 2. The average Bonchev–Trinajstić information content (AvgIpc) is 3.68. The molecule has 3 aromatic carbocycles. The molecule has 5 N–H and O–H groups in total. The normalized spacial score (nSPS) is 12.5. The van der Waals surface area contributed by atoms with Gasteiger partial charge in [-0.25, -0.2) is 27.5 Å². The summed E-state index contributed by atoms with van der Waals surface area (Å²) in [4.78, 5) is 17.1. The van der Waals surface area contributed by atoms with Crippen molar-refractivity contribution in [3.8, 4) is 33.8 Å². The van der Waals surface area contributed by atoms with Crippen molar-refractivity contribution >= 4 is 37.8 Å². The first-order valence-electron chi connectivity index (χ1n) is 14.2. The topological polar surface area (TPSA) is 162 Å². The molecule has 0 aliphatic heterocycles. The molecular formula is C33H27FN8O3S. The Bertz CT molecular complexity index is 2320. The molecule has 1 unspecified atom stereocenters. The van der Waals surface area contributed by atoms with Crippen LogP contribution in [0.1, 0.15) is 17.4 Å². The maximum absolute atomic E-state index is 14.6. The van der Waals surface area contributed by atoms with Crippen LogP contribution in [-0.2, 0) is 16.6 Å². The van der Waals surface area contributed by atoms with E-state index in [2.05, 4.69) is 35.2 Å². The second-order valence-corrected chi connectivity index (χ2v) is 12.7. The zero-order chi connectivity index (χ0) is 31.8. The number of nitrogens with one attached hydrogen (secondary N) is 4. The smallest absolute Gasteiger partial charge is 0.209 e. The van der Waals surface area contributed by atoms with Gasteiger partial charge in [-0.05, 0) is 47.5 Å². The number of nitrogens with zero attached hydrogens (tertiary/aromatic N) is 4. The third-order valence-corrected chi connectivity index (χ3v) is 8.12. The summed E-state index contributed by atoms with van der Waals surface area (Å²) in [6, 6.07) is 23.1. The van der Waals surface area contributed by atoms with Gasteiger partial charge in [0, 0.05) is 41.2 Å². The predicted octanol–water partition coefficient (Wildman–Crippen LogP) is 5.52. The van der Waals surface area contributed by atoms with Crippen molar-refractivity contribution in [2.45, 2.75) is 12.8 Å². The number of aromatic nitrogens is 6. The van der Waals surface area contributed by atoms with E-state index in [0.29, 0.717) is 50.6 Å². The highest BCUT2D eigenvalue weighted by molar-refractivity contribution is 7.88. The Balaban J connectivity index is 1.22. The summed E-state index contributed by atoms with van der Waals surface area (Å²) in [6.45, 7) is -0.0396. The Labute approximate surface area is 262 Å². The van der Waals surface area contributed by atoms with Crippen LogP contribution in [0.15, 0.2) is 97.5 Å². The van der Waals surface area contributed by atoms with Gasteiger partial charge in [-0.1, -0.05) is 42.5 Å². The average molecular weight is 635 g/mol. The number of hydrogen-bond donors (Lipinski definition) is 5. The molecule has 4 heterocycles. The van der Waals surface area contributed by atoms with E-state index in [9.17, 15) is 17.9 Å². The van der Waals surface area contributed by atoms with Crippen LogP contribution >= 0.6 is 0 Å². The molecule has 0 saturated carbocycles. The van der Waals surface area contributed by atoms with Crippen LogP contribution < -0.4 is 10.0 Å². The fourth-order valence-corrected chi connectivity index (χ4v) is 5.72. The van der Waals surface area contributed by atoms with Crippen LogP contribution in [0.25, 0.3) is 55.8 Å². The minimum Gasteiger partial charge on any atom is -0.369 e. The Kier molecular flexibility index (Phi) is 7.48. The van der Waals surface area contributed by atoms with E-state index >= 15 is 0 Å². The summed E-state index contributed by atoms with van der Waals surface area (Å²) in [5.74, 6) is -0.00154. The molecule has 0 amide bonds. The molecule has 0 aliphatic carbocycles. The van der Waals surface area contributed by atoms with Gasteiger partial charge in [-0.2, -0.15) is 5.10 Å². The molecule has 0 fully saturated rings. The van der Waals surface area contributed by atoms with Crippen LogP contribution in [0.3, 0.4) is 0 Å². The van der Waals surface area contributed by atoms with Crippen molar-refractivity contribution in [2.24, 2.45) is 0 Å². The van der Waals surface area contributed by atoms with Gasteiger partial charge in [-0.15, -0.1) is 0 Å². The summed E-state index contributed by atoms with van der Waals surface area (Å²) in [5.41, 5.74) is 7.08. The van der Waals surface area contributed by atoms with Gasteiger partial charge in [0.05, 0.1) is 34.6 Å². The van der Waals surface area contributed by atoms with E-state index in [4.69, 9.17) is 4.98 Å². The summed E-state index contributed by atoms with van der Waals surface area (Å²) in [6.07, 6.45) is 5.23. The Morgan fingerprint density at radius 3 is 2.59 bits per heavy atom. The molecular weight excluding hydrogens is 607 g/mol. The van der Waals surface area contributed by atoms with E-state index in [0.717, 1.165) is 28.3 Å². The summed E-state index contributed by atoms with van der Waals surface area (Å²) >= 11 is 0. The number of aliphatic hydroxyl groups excluding tert-OH is 1. The molecule has 7 rings (SSSR count). The number of H-pyrrole nitrogens is 2. The lowest BCUT2D eigenvalue weighted by atomic mass is 10.0. The molecule has 0 bridgehead atoms. The second-order valence-electron chi connectivity index (χ2n) is 10.8. The number of rotatable bonds is 9. The monoisotopic (exact) mass is 634 g/mol. The van der Waals surface area contributed by atoms with Crippen LogP contribution in [0.4, 0.5) is 10.1 Å². The second kappa shape index (κ2) is 11.8. The molecule has 0 aliphatic rings. The number of aromatic amines is 2. The van der Waals surface area contributed by atoms with Crippen LogP contribution in [0.5, 0.6) is 0 Å². The van der Waals surface area contributed by atoms with Crippen molar-refractivity contribution < 1.29 is 17.9 Å². The van der Waals surface area contributed by atoms with E-state index in [1.54, 1.807) is 24.7 Å². The van der Waals surface area contributed by atoms with Crippen molar-refractivity contribution in [3.63, 3.8) is 0 Å². The van der Waals surface area contributed by atoms with Crippen LogP contribution in [0.2, 0.25) is 0 Å². The standard InChI is InChI=1S/C33H27FN8O3S/c1-46(44,45)37-15-19-10-21(12-24(34)11-19)26-8-5-9-28-29(26)40-32(39-28)30-27-14-23(17-36-31(27)42-41-30)22-13-25(18-35-16-22)38-33(43)20-6-3-2-4-7-20/h2-14,16-18,33,37-38,43H,15H2,1H3,(H,39,40)(H,36,41,42). The third-order valence-electron chi connectivity index (χ3n) is 7.45. The fraction of sp³-hybridized carbons (Fsp3) is 0.0909. The van der Waals surface area contributed by atoms with Crippen molar-refractivity contribution in [3.05, 3.63) is 114 Å². The van der Waals surface area contributed by atoms with Gasteiger partial charge < -0.3 is 15.4 Å².